The van der Waals surface area contributed by atoms with Crippen LogP contribution in [0.1, 0.15) is 19.8 Å². The molecule has 2 atom stereocenters. The van der Waals surface area contributed by atoms with Crippen LogP contribution < -0.4 is 0 Å². The Morgan fingerprint density at radius 3 is 2.68 bits per heavy atom. The quantitative estimate of drug-likeness (QED) is 0.513. The van der Waals surface area contributed by atoms with Gasteiger partial charge in [0.2, 0.25) is 0 Å². The van der Waals surface area contributed by atoms with Crippen molar-refractivity contribution >= 4 is 17.5 Å². The summed E-state index contributed by atoms with van der Waals surface area (Å²) < 4.78 is 4.74. The van der Waals surface area contributed by atoms with Crippen molar-refractivity contribution in [3.8, 4) is 0 Å². The van der Waals surface area contributed by atoms with Crippen molar-refractivity contribution in [1.82, 2.24) is 0 Å². The lowest BCUT2D eigenvalue weighted by molar-refractivity contribution is -0.151. The number of aliphatic hydroxyl groups is 2. The van der Waals surface area contributed by atoms with Gasteiger partial charge in [0, 0.05) is 30.9 Å². The molecule has 0 saturated carbocycles. The zero-order valence-corrected chi connectivity index (χ0v) is 10.4. The van der Waals surface area contributed by atoms with E-state index in [2.05, 4.69) is 0 Å². The highest BCUT2D eigenvalue weighted by Gasteiger charge is 2.43. The SMILES string of the molecule is CC(=O)OC[C@]1(O)CC2=C(C(=O)C=CC2=O)[C@H](O)C1. The standard InChI is InChI=1S/C13H14O6/c1-7(14)19-6-13(18)4-8-9(15)2-3-10(16)12(8)11(17)5-13/h2-3,11,17-18H,4-6H2,1H3/t11-,13+/m1/s1. The van der Waals surface area contributed by atoms with Crippen LogP contribution in [0, 0.1) is 0 Å². The molecule has 0 fully saturated rings. The number of ether oxygens (including phenoxy) is 1. The average molecular weight is 266 g/mol. The second kappa shape index (κ2) is 4.71. The van der Waals surface area contributed by atoms with Gasteiger partial charge in [-0.1, -0.05) is 0 Å². The normalized spacial score (nSPS) is 30.4. The molecule has 0 radical (unpaired) electrons. The first-order chi connectivity index (χ1) is 8.82. The summed E-state index contributed by atoms with van der Waals surface area (Å²) in [5.41, 5.74) is -1.38. The van der Waals surface area contributed by atoms with E-state index in [0.29, 0.717) is 0 Å². The molecular formula is C13H14O6. The van der Waals surface area contributed by atoms with Gasteiger partial charge in [-0.2, -0.15) is 0 Å². The Morgan fingerprint density at radius 2 is 2.05 bits per heavy atom. The number of aliphatic hydroxyl groups excluding tert-OH is 1. The predicted molar refractivity (Wildman–Crippen MR) is 63.0 cm³/mol. The topological polar surface area (TPSA) is 101 Å². The summed E-state index contributed by atoms with van der Waals surface area (Å²) >= 11 is 0. The third kappa shape index (κ3) is 2.64. The van der Waals surface area contributed by atoms with Crippen LogP contribution in [0.15, 0.2) is 23.3 Å². The van der Waals surface area contributed by atoms with Crippen molar-refractivity contribution in [3.05, 3.63) is 23.3 Å². The van der Waals surface area contributed by atoms with Crippen LogP contribution in [0.5, 0.6) is 0 Å². The minimum atomic E-state index is -1.52. The molecule has 2 N–H and O–H groups in total. The second-order valence-corrected chi connectivity index (χ2v) is 4.86. The molecule has 0 aromatic carbocycles. The Morgan fingerprint density at radius 1 is 1.42 bits per heavy atom. The highest BCUT2D eigenvalue weighted by molar-refractivity contribution is 6.20. The summed E-state index contributed by atoms with van der Waals surface area (Å²) in [5.74, 6) is -1.39. The summed E-state index contributed by atoms with van der Waals surface area (Å²) in [6.45, 7) is 0.882. The van der Waals surface area contributed by atoms with Gasteiger partial charge in [-0.3, -0.25) is 14.4 Å². The zero-order valence-electron chi connectivity index (χ0n) is 10.4. The van der Waals surface area contributed by atoms with E-state index in [1.807, 2.05) is 0 Å². The lowest BCUT2D eigenvalue weighted by Crippen LogP contribution is -2.46. The first-order valence-corrected chi connectivity index (χ1v) is 5.86. The van der Waals surface area contributed by atoms with Crippen molar-refractivity contribution in [2.75, 3.05) is 6.61 Å². The van der Waals surface area contributed by atoms with Crippen LogP contribution >= 0.6 is 0 Å². The number of esters is 1. The lowest BCUT2D eigenvalue weighted by atomic mass is 9.74. The molecule has 2 aliphatic rings. The summed E-state index contributed by atoms with van der Waals surface area (Å²) in [4.78, 5) is 34.1. The Balaban J connectivity index is 2.27. The van der Waals surface area contributed by atoms with Crippen molar-refractivity contribution in [3.63, 3.8) is 0 Å². The molecule has 19 heavy (non-hydrogen) atoms. The maximum atomic E-state index is 11.7. The third-order valence-corrected chi connectivity index (χ3v) is 3.23. The fourth-order valence-corrected chi connectivity index (χ4v) is 2.38. The largest absolute Gasteiger partial charge is 0.463 e. The summed E-state index contributed by atoms with van der Waals surface area (Å²) in [7, 11) is 0. The molecule has 0 unspecified atom stereocenters. The second-order valence-electron chi connectivity index (χ2n) is 4.86. The van der Waals surface area contributed by atoms with Gasteiger partial charge in [0.15, 0.2) is 11.6 Å². The number of hydrogen-bond donors (Lipinski definition) is 2. The van der Waals surface area contributed by atoms with Gasteiger partial charge in [-0.15, -0.1) is 0 Å². The fourth-order valence-electron chi connectivity index (χ4n) is 2.38. The molecule has 0 heterocycles. The van der Waals surface area contributed by atoms with Gasteiger partial charge in [-0.05, 0) is 12.2 Å². The van der Waals surface area contributed by atoms with Crippen molar-refractivity contribution in [1.29, 1.82) is 0 Å². The maximum absolute atomic E-state index is 11.7. The van der Waals surface area contributed by atoms with Gasteiger partial charge in [0.05, 0.1) is 6.10 Å². The van der Waals surface area contributed by atoms with Crippen LogP contribution in [0.3, 0.4) is 0 Å². The van der Waals surface area contributed by atoms with E-state index in [9.17, 15) is 24.6 Å². The third-order valence-electron chi connectivity index (χ3n) is 3.23. The van der Waals surface area contributed by atoms with E-state index in [1.165, 1.54) is 6.92 Å². The Labute approximate surface area is 109 Å². The molecule has 0 bridgehead atoms. The highest BCUT2D eigenvalue weighted by atomic mass is 16.5. The first kappa shape index (κ1) is 13.6. The Kier molecular flexibility index (Phi) is 3.38. The lowest BCUT2D eigenvalue weighted by Gasteiger charge is -2.36. The smallest absolute Gasteiger partial charge is 0.302 e. The molecule has 6 nitrogen and oxygen atoms in total. The van der Waals surface area contributed by atoms with Gasteiger partial charge in [0.25, 0.3) is 0 Å². The predicted octanol–water partition coefficient (Wildman–Crippen LogP) is -0.560. The van der Waals surface area contributed by atoms with E-state index in [1.54, 1.807) is 0 Å². The average Bonchev–Trinajstić information content (AvgIpc) is 2.31. The van der Waals surface area contributed by atoms with E-state index in [-0.39, 0.29) is 30.6 Å². The van der Waals surface area contributed by atoms with Crippen LogP contribution in [0.25, 0.3) is 0 Å². The molecule has 0 spiro atoms. The number of rotatable bonds is 2. The van der Waals surface area contributed by atoms with E-state index < -0.39 is 29.2 Å². The Hall–Kier alpha value is -1.79. The van der Waals surface area contributed by atoms with Crippen LogP contribution in [-0.2, 0) is 19.1 Å². The minimum absolute atomic E-state index is 0.0417. The molecule has 0 aromatic heterocycles. The van der Waals surface area contributed by atoms with Crippen LogP contribution in [0.2, 0.25) is 0 Å². The molecular weight excluding hydrogens is 252 g/mol. The minimum Gasteiger partial charge on any atom is -0.463 e. The summed E-state index contributed by atoms with van der Waals surface area (Å²) in [5, 5.41) is 20.2. The van der Waals surface area contributed by atoms with Gasteiger partial charge in [0.1, 0.15) is 12.2 Å². The number of carbonyl (C=O) groups is 3. The van der Waals surface area contributed by atoms with E-state index >= 15 is 0 Å². The number of hydrogen-bond acceptors (Lipinski definition) is 6. The fraction of sp³-hybridized carbons (Fsp3) is 0.462. The van der Waals surface area contributed by atoms with Crippen molar-refractivity contribution in [2.45, 2.75) is 31.5 Å². The molecule has 0 amide bonds. The van der Waals surface area contributed by atoms with E-state index in [4.69, 9.17) is 4.74 Å². The highest BCUT2D eigenvalue weighted by Crippen LogP contribution is 2.36. The first-order valence-electron chi connectivity index (χ1n) is 5.86. The molecule has 0 aliphatic heterocycles. The van der Waals surface area contributed by atoms with Gasteiger partial charge >= 0.3 is 5.97 Å². The van der Waals surface area contributed by atoms with E-state index in [0.717, 1.165) is 12.2 Å². The van der Waals surface area contributed by atoms with Gasteiger partial charge in [-0.25, -0.2) is 0 Å². The number of ketones is 2. The van der Waals surface area contributed by atoms with Crippen molar-refractivity contribution in [2.24, 2.45) is 0 Å². The molecule has 0 aromatic rings. The number of carbonyl (C=O) groups excluding carboxylic acids is 3. The molecule has 2 rings (SSSR count). The maximum Gasteiger partial charge on any atom is 0.302 e. The monoisotopic (exact) mass is 266 g/mol. The summed E-state index contributed by atoms with van der Waals surface area (Å²) in [6, 6.07) is 0. The van der Waals surface area contributed by atoms with Crippen LogP contribution in [0.4, 0.5) is 0 Å². The molecule has 6 heteroatoms. The molecule has 2 aliphatic carbocycles. The number of allylic oxidation sites excluding steroid dienone is 2. The Bertz CT molecular complexity index is 515. The zero-order chi connectivity index (χ0) is 14.2. The molecule has 102 valence electrons. The molecule has 0 saturated heterocycles. The van der Waals surface area contributed by atoms with Crippen molar-refractivity contribution < 1.29 is 29.3 Å². The van der Waals surface area contributed by atoms with Crippen LogP contribution in [-0.4, -0.2) is 46.1 Å². The summed E-state index contributed by atoms with van der Waals surface area (Å²) in [6.07, 6.45) is 0.741. The van der Waals surface area contributed by atoms with Gasteiger partial charge < -0.3 is 14.9 Å².